The van der Waals surface area contributed by atoms with Gasteiger partial charge in [0.15, 0.2) is 0 Å². The second-order valence-electron chi connectivity index (χ2n) is 4.71. The van der Waals surface area contributed by atoms with Gasteiger partial charge in [0.05, 0.1) is 17.6 Å². The van der Waals surface area contributed by atoms with E-state index in [0.717, 1.165) is 12.1 Å². The second kappa shape index (κ2) is 5.19. The van der Waals surface area contributed by atoms with Gasteiger partial charge in [0, 0.05) is 12.6 Å². The minimum Gasteiger partial charge on any atom is -0.481 e. The minimum atomic E-state index is -0.724. The molecule has 0 bridgehead atoms. The zero-order chi connectivity index (χ0) is 13.1. The standard InChI is InChI=1S/C14H16N2O2/c1-10-13(14(17)18)6-7-16(10)9-12-5-3-2-4-11(12)8-15/h2-5,10,13H,6-7,9H2,1H3,(H,17,18). The van der Waals surface area contributed by atoms with Crippen molar-refractivity contribution in [2.45, 2.75) is 25.9 Å². The molecule has 1 saturated heterocycles. The lowest BCUT2D eigenvalue weighted by Crippen LogP contribution is -2.32. The first-order chi connectivity index (χ1) is 8.63. The fourth-order valence-corrected chi connectivity index (χ4v) is 2.54. The van der Waals surface area contributed by atoms with Crippen molar-refractivity contribution in [3.05, 3.63) is 35.4 Å². The summed E-state index contributed by atoms with van der Waals surface area (Å²) in [6.07, 6.45) is 0.686. The van der Waals surface area contributed by atoms with E-state index in [2.05, 4.69) is 11.0 Å². The van der Waals surface area contributed by atoms with E-state index in [0.29, 0.717) is 18.5 Å². The Morgan fingerprint density at radius 1 is 1.56 bits per heavy atom. The average molecular weight is 244 g/mol. The van der Waals surface area contributed by atoms with Crippen molar-refractivity contribution in [3.8, 4) is 6.07 Å². The van der Waals surface area contributed by atoms with E-state index in [4.69, 9.17) is 10.4 Å². The smallest absolute Gasteiger partial charge is 0.308 e. The molecule has 2 atom stereocenters. The highest BCUT2D eigenvalue weighted by Gasteiger charge is 2.35. The average Bonchev–Trinajstić information content (AvgIpc) is 2.72. The van der Waals surface area contributed by atoms with E-state index in [1.165, 1.54) is 0 Å². The number of hydrogen-bond donors (Lipinski definition) is 1. The first kappa shape index (κ1) is 12.6. The highest BCUT2D eigenvalue weighted by molar-refractivity contribution is 5.71. The predicted octanol–water partition coefficient (Wildman–Crippen LogP) is 1.85. The van der Waals surface area contributed by atoms with Crippen molar-refractivity contribution < 1.29 is 9.90 Å². The zero-order valence-electron chi connectivity index (χ0n) is 10.3. The molecule has 0 aromatic heterocycles. The molecule has 1 aromatic rings. The molecule has 1 N–H and O–H groups in total. The van der Waals surface area contributed by atoms with Gasteiger partial charge in [0.2, 0.25) is 0 Å². The molecule has 1 heterocycles. The van der Waals surface area contributed by atoms with E-state index in [1.807, 2.05) is 25.1 Å². The van der Waals surface area contributed by atoms with Gasteiger partial charge < -0.3 is 5.11 Å². The Balaban J connectivity index is 2.12. The summed E-state index contributed by atoms with van der Waals surface area (Å²) in [4.78, 5) is 13.2. The van der Waals surface area contributed by atoms with Crippen LogP contribution in [0.3, 0.4) is 0 Å². The number of likely N-dealkylation sites (tertiary alicyclic amines) is 1. The van der Waals surface area contributed by atoms with Crippen LogP contribution in [0.15, 0.2) is 24.3 Å². The third-order valence-corrected chi connectivity index (χ3v) is 3.71. The molecule has 0 aliphatic carbocycles. The Bertz CT molecular complexity index is 493. The maximum atomic E-state index is 11.1. The van der Waals surface area contributed by atoms with Crippen molar-refractivity contribution in [3.63, 3.8) is 0 Å². The summed E-state index contributed by atoms with van der Waals surface area (Å²) in [5.41, 5.74) is 1.64. The molecule has 4 heteroatoms. The van der Waals surface area contributed by atoms with Gasteiger partial charge in [-0.3, -0.25) is 9.69 Å². The van der Waals surface area contributed by atoms with Gasteiger partial charge in [0.1, 0.15) is 0 Å². The van der Waals surface area contributed by atoms with Gasteiger partial charge in [-0.2, -0.15) is 5.26 Å². The van der Waals surface area contributed by atoms with Crippen LogP contribution in [0.4, 0.5) is 0 Å². The molecule has 0 spiro atoms. The van der Waals surface area contributed by atoms with Crippen molar-refractivity contribution in [2.75, 3.05) is 6.54 Å². The van der Waals surface area contributed by atoms with E-state index in [1.54, 1.807) is 6.07 Å². The summed E-state index contributed by atoms with van der Waals surface area (Å²) in [6.45, 7) is 3.37. The number of rotatable bonds is 3. The summed E-state index contributed by atoms with van der Waals surface area (Å²) in [5.74, 6) is -1.02. The lowest BCUT2D eigenvalue weighted by atomic mass is 10.0. The zero-order valence-corrected chi connectivity index (χ0v) is 10.3. The highest BCUT2D eigenvalue weighted by Crippen LogP contribution is 2.26. The van der Waals surface area contributed by atoms with Crippen LogP contribution in [0.5, 0.6) is 0 Å². The quantitative estimate of drug-likeness (QED) is 0.881. The van der Waals surface area contributed by atoms with Crippen LogP contribution < -0.4 is 0 Å². The van der Waals surface area contributed by atoms with E-state index in [9.17, 15) is 4.79 Å². The number of aliphatic carboxylic acids is 1. The van der Waals surface area contributed by atoms with Crippen molar-refractivity contribution in [1.82, 2.24) is 4.90 Å². The molecule has 94 valence electrons. The molecule has 0 amide bonds. The molecule has 0 radical (unpaired) electrons. The number of nitriles is 1. The summed E-state index contributed by atoms with van der Waals surface area (Å²) < 4.78 is 0. The number of nitrogens with zero attached hydrogens (tertiary/aromatic N) is 2. The van der Waals surface area contributed by atoms with Crippen LogP contribution in [-0.2, 0) is 11.3 Å². The Hall–Kier alpha value is -1.86. The Morgan fingerprint density at radius 3 is 2.89 bits per heavy atom. The third kappa shape index (κ3) is 2.36. The number of carboxylic acids is 1. The summed E-state index contributed by atoms with van der Waals surface area (Å²) in [5, 5.41) is 18.1. The number of carbonyl (C=O) groups is 1. The fraction of sp³-hybridized carbons (Fsp3) is 0.429. The molecule has 2 unspecified atom stereocenters. The van der Waals surface area contributed by atoms with Gasteiger partial charge in [0.25, 0.3) is 0 Å². The summed E-state index contributed by atoms with van der Waals surface area (Å²) in [6, 6.07) is 9.68. The fourth-order valence-electron chi connectivity index (χ4n) is 2.54. The number of carboxylic acid groups (broad SMARTS) is 1. The Labute approximate surface area is 106 Å². The van der Waals surface area contributed by atoms with E-state index >= 15 is 0 Å². The van der Waals surface area contributed by atoms with Crippen LogP contribution in [-0.4, -0.2) is 28.6 Å². The van der Waals surface area contributed by atoms with Crippen LogP contribution in [0.2, 0.25) is 0 Å². The first-order valence-corrected chi connectivity index (χ1v) is 6.08. The summed E-state index contributed by atoms with van der Waals surface area (Å²) >= 11 is 0. The van der Waals surface area contributed by atoms with Crippen LogP contribution in [0, 0.1) is 17.2 Å². The molecule has 0 saturated carbocycles. The molecule has 4 nitrogen and oxygen atoms in total. The second-order valence-corrected chi connectivity index (χ2v) is 4.71. The largest absolute Gasteiger partial charge is 0.481 e. The van der Waals surface area contributed by atoms with E-state index in [-0.39, 0.29) is 12.0 Å². The lowest BCUT2D eigenvalue weighted by molar-refractivity contribution is -0.142. The predicted molar refractivity (Wildman–Crippen MR) is 66.8 cm³/mol. The monoisotopic (exact) mass is 244 g/mol. The molecular formula is C14H16N2O2. The van der Waals surface area contributed by atoms with Gasteiger partial charge in [-0.05, 0) is 31.5 Å². The molecular weight excluding hydrogens is 228 g/mol. The van der Waals surface area contributed by atoms with Gasteiger partial charge >= 0.3 is 5.97 Å². The maximum Gasteiger partial charge on any atom is 0.308 e. The van der Waals surface area contributed by atoms with Gasteiger partial charge in [-0.15, -0.1) is 0 Å². The van der Waals surface area contributed by atoms with Crippen molar-refractivity contribution in [1.29, 1.82) is 5.26 Å². The Morgan fingerprint density at radius 2 is 2.28 bits per heavy atom. The van der Waals surface area contributed by atoms with Crippen molar-refractivity contribution in [2.24, 2.45) is 5.92 Å². The molecule has 1 aromatic carbocycles. The first-order valence-electron chi connectivity index (χ1n) is 6.08. The normalized spacial score (nSPS) is 23.8. The summed E-state index contributed by atoms with van der Waals surface area (Å²) in [7, 11) is 0. The lowest BCUT2D eigenvalue weighted by Gasteiger charge is -2.23. The van der Waals surface area contributed by atoms with Crippen LogP contribution in [0.1, 0.15) is 24.5 Å². The topological polar surface area (TPSA) is 64.3 Å². The highest BCUT2D eigenvalue weighted by atomic mass is 16.4. The molecule has 1 aliphatic rings. The SMILES string of the molecule is CC1C(C(=O)O)CCN1Cc1ccccc1C#N. The molecule has 1 fully saturated rings. The van der Waals surface area contributed by atoms with Crippen LogP contribution >= 0.6 is 0 Å². The van der Waals surface area contributed by atoms with Crippen LogP contribution in [0.25, 0.3) is 0 Å². The number of hydrogen-bond acceptors (Lipinski definition) is 3. The molecule has 2 rings (SSSR count). The molecule has 18 heavy (non-hydrogen) atoms. The van der Waals surface area contributed by atoms with E-state index < -0.39 is 5.97 Å². The maximum absolute atomic E-state index is 11.1. The van der Waals surface area contributed by atoms with Gasteiger partial charge in [-0.1, -0.05) is 18.2 Å². The van der Waals surface area contributed by atoms with Crippen molar-refractivity contribution >= 4 is 5.97 Å². The third-order valence-electron chi connectivity index (χ3n) is 3.71. The molecule has 1 aliphatic heterocycles. The minimum absolute atomic E-state index is 0.0225. The Kier molecular flexibility index (Phi) is 3.63. The number of benzene rings is 1. The van der Waals surface area contributed by atoms with Gasteiger partial charge in [-0.25, -0.2) is 0 Å².